The molecule has 1 amide bonds. The van der Waals surface area contributed by atoms with Gasteiger partial charge in [-0.2, -0.15) is 5.10 Å². The van der Waals surface area contributed by atoms with E-state index in [0.29, 0.717) is 40.5 Å². The highest BCUT2D eigenvalue weighted by atomic mass is 35.5. The van der Waals surface area contributed by atoms with Gasteiger partial charge in [-0.1, -0.05) is 30.3 Å². The van der Waals surface area contributed by atoms with Crippen molar-refractivity contribution in [3.8, 4) is 16.9 Å². The zero-order chi connectivity index (χ0) is 23.8. The number of carbonyl (C=O) groups is 1. The maximum Gasteiger partial charge on any atom is 0.246 e. The Bertz CT molecular complexity index is 1440. The van der Waals surface area contributed by atoms with E-state index in [-0.39, 0.29) is 17.4 Å². The summed E-state index contributed by atoms with van der Waals surface area (Å²) in [5.41, 5.74) is 9.42. The maximum atomic E-state index is 12.2. The smallest absolute Gasteiger partial charge is 0.246 e. The van der Waals surface area contributed by atoms with Gasteiger partial charge in [-0.3, -0.25) is 14.3 Å². The van der Waals surface area contributed by atoms with Gasteiger partial charge >= 0.3 is 0 Å². The van der Waals surface area contributed by atoms with Gasteiger partial charge in [0.15, 0.2) is 5.43 Å². The van der Waals surface area contributed by atoms with Crippen molar-refractivity contribution in [1.82, 2.24) is 24.2 Å². The number of piperidine rings is 1. The van der Waals surface area contributed by atoms with Crippen molar-refractivity contribution in [2.45, 2.75) is 18.9 Å². The van der Waals surface area contributed by atoms with Crippen molar-refractivity contribution >= 4 is 34.2 Å². The summed E-state index contributed by atoms with van der Waals surface area (Å²) < 4.78 is 3.76. The van der Waals surface area contributed by atoms with E-state index in [1.807, 2.05) is 33.5 Å². The molecule has 5 rings (SSSR count). The molecule has 3 aromatic heterocycles. The van der Waals surface area contributed by atoms with Gasteiger partial charge in [0.05, 0.1) is 28.2 Å². The number of nitrogen functional groups attached to an aromatic ring is 1. The standard InChI is InChI=1S/C25H23ClN6O2/c1-2-21(34)31-11-3-4-18(15-31)32-24-20(26)14-28-25(27)22(24)23(29-32)16-5-7-17(8-6-16)30-12-9-19(33)10-13-30/h2,5-10,12-14,18H,1,3-4,11,15H2,(H2,27,28)/t18-/m1/s1. The Labute approximate surface area is 200 Å². The summed E-state index contributed by atoms with van der Waals surface area (Å²) in [6.45, 7) is 4.82. The average Bonchev–Trinajstić information content (AvgIpc) is 3.29. The number of amides is 1. The Morgan fingerprint density at radius 1 is 1.18 bits per heavy atom. The fraction of sp³-hybridized carbons (Fsp3) is 0.200. The van der Waals surface area contributed by atoms with Crippen molar-refractivity contribution in [2.75, 3.05) is 18.8 Å². The number of hydrogen-bond acceptors (Lipinski definition) is 5. The van der Waals surface area contributed by atoms with Crippen LogP contribution in [0.3, 0.4) is 0 Å². The van der Waals surface area contributed by atoms with Crippen LogP contribution in [0.2, 0.25) is 5.02 Å². The SMILES string of the molecule is C=CC(=O)N1CCC[C@@H](n2nc(-c3ccc(-n4ccc(=O)cc4)cc3)c3c(N)ncc(Cl)c32)C1. The zero-order valence-corrected chi connectivity index (χ0v) is 19.2. The second-order valence-corrected chi connectivity index (χ2v) is 8.69. The molecular formula is C25H23ClN6O2. The molecule has 0 saturated carbocycles. The Balaban J connectivity index is 1.59. The van der Waals surface area contributed by atoms with E-state index in [2.05, 4.69) is 11.6 Å². The van der Waals surface area contributed by atoms with E-state index >= 15 is 0 Å². The van der Waals surface area contributed by atoms with Gasteiger partial charge in [0.2, 0.25) is 5.91 Å². The maximum absolute atomic E-state index is 12.2. The first kappa shape index (κ1) is 21.9. The number of carbonyl (C=O) groups excluding carboxylic acids is 1. The monoisotopic (exact) mass is 474 g/mol. The van der Waals surface area contributed by atoms with E-state index in [9.17, 15) is 9.59 Å². The third-order valence-electron chi connectivity index (χ3n) is 6.18. The minimum Gasteiger partial charge on any atom is -0.383 e. The number of likely N-dealkylation sites (tertiary alicyclic amines) is 1. The number of halogens is 1. The molecule has 0 spiro atoms. The first-order valence-electron chi connectivity index (χ1n) is 11.0. The average molecular weight is 475 g/mol. The minimum atomic E-state index is -0.0910. The zero-order valence-electron chi connectivity index (χ0n) is 18.4. The second kappa shape index (κ2) is 8.79. The number of hydrogen-bond donors (Lipinski definition) is 1. The van der Waals surface area contributed by atoms with Crippen molar-refractivity contribution < 1.29 is 4.79 Å². The highest BCUT2D eigenvalue weighted by Crippen LogP contribution is 2.38. The topological polar surface area (TPSA) is 99.0 Å². The molecule has 1 aliphatic rings. The molecule has 34 heavy (non-hydrogen) atoms. The number of nitrogens with two attached hydrogens (primary N) is 1. The molecule has 0 radical (unpaired) electrons. The number of nitrogens with zero attached hydrogens (tertiary/aromatic N) is 5. The van der Waals surface area contributed by atoms with Gasteiger partial charge < -0.3 is 15.2 Å². The molecule has 1 saturated heterocycles. The van der Waals surface area contributed by atoms with E-state index in [1.54, 1.807) is 17.3 Å². The van der Waals surface area contributed by atoms with E-state index in [1.165, 1.54) is 24.4 Å². The normalized spacial score (nSPS) is 16.0. The highest BCUT2D eigenvalue weighted by molar-refractivity contribution is 6.35. The molecule has 0 unspecified atom stereocenters. The van der Waals surface area contributed by atoms with Gasteiger partial charge in [0.1, 0.15) is 11.5 Å². The van der Waals surface area contributed by atoms with Crippen LogP contribution in [-0.4, -0.2) is 43.2 Å². The fourth-order valence-electron chi connectivity index (χ4n) is 4.48. The summed E-state index contributed by atoms with van der Waals surface area (Å²) in [6.07, 6.45) is 8.04. The Hall–Kier alpha value is -3.91. The third kappa shape index (κ3) is 3.86. The molecule has 2 N–H and O–H groups in total. The lowest BCUT2D eigenvalue weighted by Crippen LogP contribution is -2.40. The third-order valence-corrected chi connectivity index (χ3v) is 6.45. The van der Waals surface area contributed by atoms with Gasteiger partial charge in [-0.05, 0) is 31.1 Å². The van der Waals surface area contributed by atoms with Crippen LogP contribution in [0.5, 0.6) is 0 Å². The van der Waals surface area contributed by atoms with Crippen LogP contribution in [0.15, 0.2) is 72.4 Å². The Kier molecular flexibility index (Phi) is 5.67. The lowest BCUT2D eigenvalue weighted by Gasteiger charge is -2.32. The summed E-state index contributed by atoms with van der Waals surface area (Å²) in [5, 5.41) is 6.09. The molecule has 4 heterocycles. The van der Waals surface area contributed by atoms with Crippen LogP contribution in [0, 0.1) is 0 Å². The fourth-order valence-corrected chi connectivity index (χ4v) is 4.71. The van der Waals surface area contributed by atoms with Crippen molar-refractivity contribution in [1.29, 1.82) is 0 Å². The van der Waals surface area contributed by atoms with Crippen LogP contribution in [-0.2, 0) is 4.79 Å². The van der Waals surface area contributed by atoms with Crippen LogP contribution in [0.25, 0.3) is 27.8 Å². The van der Waals surface area contributed by atoms with Crippen molar-refractivity contribution in [3.63, 3.8) is 0 Å². The van der Waals surface area contributed by atoms with Gasteiger partial charge in [-0.25, -0.2) is 4.98 Å². The van der Waals surface area contributed by atoms with E-state index < -0.39 is 0 Å². The number of anilines is 1. The molecule has 1 fully saturated rings. The van der Waals surface area contributed by atoms with Gasteiger partial charge in [0, 0.05) is 48.9 Å². The van der Waals surface area contributed by atoms with E-state index in [0.717, 1.165) is 24.1 Å². The van der Waals surface area contributed by atoms with Gasteiger partial charge in [-0.15, -0.1) is 0 Å². The number of rotatable bonds is 4. The number of aromatic nitrogens is 4. The molecule has 1 atom stereocenters. The Morgan fingerprint density at radius 2 is 1.91 bits per heavy atom. The lowest BCUT2D eigenvalue weighted by molar-refractivity contribution is -0.127. The molecule has 0 bridgehead atoms. The van der Waals surface area contributed by atoms with Crippen LogP contribution in [0.4, 0.5) is 5.82 Å². The quantitative estimate of drug-likeness (QED) is 0.453. The largest absolute Gasteiger partial charge is 0.383 e. The van der Waals surface area contributed by atoms with Crippen molar-refractivity contribution in [3.05, 3.63) is 82.9 Å². The molecule has 1 aromatic carbocycles. The molecular weight excluding hydrogens is 452 g/mol. The lowest BCUT2D eigenvalue weighted by atomic mass is 10.1. The first-order chi connectivity index (χ1) is 16.5. The second-order valence-electron chi connectivity index (χ2n) is 8.28. The number of pyridine rings is 2. The minimum absolute atomic E-state index is 0.0409. The summed E-state index contributed by atoms with van der Waals surface area (Å²) in [6, 6.07) is 10.8. The molecule has 1 aliphatic heterocycles. The van der Waals surface area contributed by atoms with Crippen molar-refractivity contribution in [2.24, 2.45) is 0 Å². The summed E-state index contributed by atoms with van der Waals surface area (Å²) in [5.74, 6) is 0.256. The predicted octanol–water partition coefficient (Wildman–Crippen LogP) is 3.83. The molecule has 8 nitrogen and oxygen atoms in total. The van der Waals surface area contributed by atoms with E-state index in [4.69, 9.17) is 22.4 Å². The summed E-state index contributed by atoms with van der Waals surface area (Å²) in [7, 11) is 0. The highest BCUT2D eigenvalue weighted by Gasteiger charge is 2.28. The molecule has 172 valence electrons. The molecule has 0 aliphatic carbocycles. The summed E-state index contributed by atoms with van der Waals surface area (Å²) >= 11 is 6.59. The summed E-state index contributed by atoms with van der Waals surface area (Å²) in [4.78, 5) is 29.7. The van der Waals surface area contributed by atoms with Crippen LogP contribution < -0.4 is 11.2 Å². The van der Waals surface area contributed by atoms with Crippen LogP contribution >= 0.6 is 11.6 Å². The molecule has 9 heteroatoms. The van der Waals surface area contributed by atoms with Crippen LogP contribution in [0.1, 0.15) is 18.9 Å². The first-order valence-corrected chi connectivity index (χ1v) is 11.4. The molecule has 4 aromatic rings. The van der Waals surface area contributed by atoms with Gasteiger partial charge in [0.25, 0.3) is 0 Å². The number of fused-ring (bicyclic) bond motifs is 1. The number of benzene rings is 1. The predicted molar refractivity (Wildman–Crippen MR) is 133 cm³/mol. The Morgan fingerprint density at radius 3 is 2.62 bits per heavy atom.